The summed E-state index contributed by atoms with van der Waals surface area (Å²) in [5, 5.41) is 3.33. The van der Waals surface area contributed by atoms with E-state index in [1.165, 1.54) is 0 Å². The number of nitrogens with zero attached hydrogens (tertiary/aromatic N) is 1. The van der Waals surface area contributed by atoms with E-state index >= 15 is 0 Å². The summed E-state index contributed by atoms with van der Waals surface area (Å²) in [7, 11) is -3.35. The van der Waals surface area contributed by atoms with Crippen LogP contribution in [0.1, 0.15) is 5.56 Å². The quantitative estimate of drug-likeness (QED) is 0.861. The Hall–Kier alpha value is -1.11. The van der Waals surface area contributed by atoms with Gasteiger partial charge >= 0.3 is 0 Å². The average molecular weight is 294 g/mol. The third-order valence-electron chi connectivity index (χ3n) is 4.65. The first-order valence-electron chi connectivity index (χ1n) is 7.11. The molecule has 1 aromatic rings. The molecule has 0 radical (unpaired) electrons. The van der Waals surface area contributed by atoms with E-state index in [1.54, 1.807) is 22.5 Å². The number of benzene rings is 1. The second kappa shape index (κ2) is 4.44. The molecule has 2 atom stereocenters. The van der Waals surface area contributed by atoms with Gasteiger partial charge in [0, 0.05) is 19.5 Å². The summed E-state index contributed by atoms with van der Waals surface area (Å²) >= 11 is 0. The number of ether oxygens (including phenoxy) is 1. The van der Waals surface area contributed by atoms with E-state index in [0.29, 0.717) is 36.4 Å². The SMILES string of the molecule is O=S(=O)(c1ccc2c(c1)CCO2)N1CC2CNCC2C1. The number of nitrogens with one attached hydrogen (secondary N) is 1. The van der Waals surface area contributed by atoms with E-state index in [2.05, 4.69) is 5.32 Å². The van der Waals surface area contributed by atoms with E-state index in [4.69, 9.17) is 4.74 Å². The number of rotatable bonds is 2. The molecular weight excluding hydrogens is 276 g/mol. The van der Waals surface area contributed by atoms with E-state index in [9.17, 15) is 8.42 Å². The molecule has 2 unspecified atom stereocenters. The highest BCUT2D eigenvalue weighted by Gasteiger charge is 2.41. The fraction of sp³-hybridized carbons (Fsp3) is 0.571. The molecule has 1 aromatic carbocycles. The van der Waals surface area contributed by atoms with Crippen molar-refractivity contribution in [2.75, 3.05) is 32.8 Å². The van der Waals surface area contributed by atoms with Crippen LogP contribution in [-0.2, 0) is 16.4 Å². The Kier molecular flexibility index (Phi) is 2.80. The maximum atomic E-state index is 12.7. The summed E-state index contributed by atoms with van der Waals surface area (Å²) in [5.41, 5.74) is 1.01. The van der Waals surface area contributed by atoms with Crippen LogP contribution in [-0.4, -0.2) is 45.5 Å². The zero-order chi connectivity index (χ0) is 13.7. The van der Waals surface area contributed by atoms with Crippen LogP contribution in [0.2, 0.25) is 0 Å². The molecule has 0 spiro atoms. The smallest absolute Gasteiger partial charge is 0.243 e. The Morgan fingerprint density at radius 2 is 1.95 bits per heavy atom. The van der Waals surface area contributed by atoms with Crippen LogP contribution in [0.5, 0.6) is 5.75 Å². The Bertz CT molecular complexity index is 632. The molecule has 5 nitrogen and oxygen atoms in total. The first kappa shape index (κ1) is 12.6. The Balaban J connectivity index is 1.64. The van der Waals surface area contributed by atoms with Crippen molar-refractivity contribution in [3.8, 4) is 5.75 Å². The molecule has 0 saturated carbocycles. The minimum atomic E-state index is -3.35. The summed E-state index contributed by atoms with van der Waals surface area (Å²) in [5.74, 6) is 1.77. The molecule has 3 heterocycles. The van der Waals surface area contributed by atoms with Gasteiger partial charge in [0.05, 0.1) is 11.5 Å². The van der Waals surface area contributed by atoms with Crippen LogP contribution < -0.4 is 10.1 Å². The molecule has 0 bridgehead atoms. The molecule has 0 aliphatic carbocycles. The standard InChI is InChI=1S/C14H18N2O3S/c17-20(18,16-8-11-6-15-7-12(11)9-16)13-1-2-14-10(5-13)3-4-19-14/h1-2,5,11-12,15H,3-4,6-9H2. The van der Waals surface area contributed by atoms with Crippen LogP contribution in [0.4, 0.5) is 0 Å². The van der Waals surface area contributed by atoms with Crippen molar-refractivity contribution in [1.82, 2.24) is 9.62 Å². The lowest BCUT2D eigenvalue weighted by atomic mass is 10.0. The molecule has 2 saturated heterocycles. The van der Waals surface area contributed by atoms with Crippen molar-refractivity contribution < 1.29 is 13.2 Å². The van der Waals surface area contributed by atoms with Crippen LogP contribution >= 0.6 is 0 Å². The molecule has 0 amide bonds. The third-order valence-corrected chi connectivity index (χ3v) is 6.48. The van der Waals surface area contributed by atoms with Crippen LogP contribution in [0.3, 0.4) is 0 Å². The van der Waals surface area contributed by atoms with Gasteiger partial charge in [0.15, 0.2) is 0 Å². The van der Waals surface area contributed by atoms with Crippen molar-refractivity contribution in [1.29, 1.82) is 0 Å². The Labute approximate surface area is 119 Å². The van der Waals surface area contributed by atoms with Gasteiger partial charge in [-0.25, -0.2) is 8.42 Å². The highest BCUT2D eigenvalue weighted by atomic mass is 32.2. The predicted octanol–water partition coefficient (Wildman–Crippen LogP) is 0.461. The van der Waals surface area contributed by atoms with Gasteiger partial charge < -0.3 is 10.1 Å². The number of fused-ring (bicyclic) bond motifs is 2. The number of hydrogen-bond donors (Lipinski definition) is 1. The lowest BCUT2D eigenvalue weighted by Crippen LogP contribution is -2.32. The normalized spacial score (nSPS) is 29.2. The van der Waals surface area contributed by atoms with Gasteiger partial charge in [-0.15, -0.1) is 0 Å². The summed E-state index contributed by atoms with van der Waals surface area (Å²) in [4.78, 5) is 0.412. The molecule has 1 N–H and O–H groups in total. The summed E-state index contributed by atoms with van der Waals surface area (Å²) < 4.78 is 32.5. The first-order valence-corrected chi connectivity index (χ1v) is 8.55. The Morgan fingerprint density at radius 1 is 1.20 bits per heavy atom. The van der Waals surface area contributed by atoms with Gasteiger partial charge in [0.2, 0.25) is 10.0 Å². The molecule has 3 aliphatic heterocycles. The lowest BCUT2D eigenvalue weighted by Gasteiger charge is -2.17. The summed E-state index contributed by atoms with van der Waals surface area (Å²) in [6.07, 6.45) is 0.799. The van der Waals surface area contributed by atoms with Crippen molar-refractivity contribution >= 4 is 10.0 Å². The van der Waals surface area contributed by atoms with Crippen LogP contribution in [0, 0.1) is 11.8 Å². The molecule has 20 heavy (non-hydrogen) atoms. The van der Waals surface area contributed by atoms with E-state index in [1.807, 2.05) is 0 Å². The fourth-order valence-electron chi connectivity index (χ4n) is 3.48. The van der Waals surface area contributed by atoms with Gasteiger partial charge in [0.1, 0.15) is 5.75 Å². The van der Waals surface area contributed by atoms with E-state index in [0.717, 1.165) is 30.8 Å². The monoisotopic (exact) mass is 294 g/mol. The van der Waals surface area contributed by atoms with Crippen LogP contribution in [0.15, 0.2) is 23.1 Å². The van der Waals surface area contributed by atoms with Gasteiger partial charge in [-0.3, -0.25) is 0 Å². The maximum absolute atomic E-state index is 12.7. The Morgan fingerprint density at radius 3 is 2.70 bits per heavy atom. The van der Waals surface area contributed by atoms with E-state index in [-0.39, 0.29) is 0 Å². The topological polar surface area (TPSA) is 58.6 Å². The molecule has 0 aromatic heterocycles. The van der Waals surface area contributed by atoms with Crippen molar-refractivity contribution in [3.05, 3.63) is 23.8 Å². The van der Waals surface area contributed by atoms with Crippen molar-refractivity contribution in [2.45, 2.75) is 11.3 Å². The number of sulfonamides is 1. The molecule has 6 heteroatoms. The predicted molar refractivity (Wildman–Crippen MR) is 74.2 cm³/mol. The second-order valence-electron chi connectivity index (χ2n) is 5.87. The largest absolute Gasteiger partial charge is 0.493 e. The lowest BCUT2D eigenvalue weighted by molar-refractivity contribution is 0.356. The summed E-state index contributed by atoms with van der Waals surface area (Å²) in [6.45, 7) is 3.82. The zero-order valence-corrected chi connectivity index (χ0v) is 12.0. The van der Waals surface area contributed by atoms with Gasteiger partial charge in [-0.05, 0) is 48.7 Å². The van der Waals surface area contributed by atoms with Gasteiger partial charge in [0.25, 0.3) is 0 Å². The van der Waals surface area contributed by atoms with Gasteiger partial charge in [-0.2, -0.15) is 4.31 Å². The van der Waals surface area contributed by atoms with Crippen molar-refractivity contribution in [2.24, 2.45) is 11.8 Å². The maximum Gasteiger partial charge on any atom is 0.243 e. The first-order chi connectivity index (χ1) is 9.64. The number of hydrogen-bond acceptors (Lipinski definition) is 4. The minimum Gasteiger partial charge on any atom is -0.493 e. The molecule has 108 valence electrons. The molecule has 3 aliphatic rings. The molecule has 2 fully saturated rings. The minimum absolute atomic E-state index is 0.412. The fourth-order valence-corrected chi connectivity index (χ4v) is 5.09. The molecule has 4 rings (SSSR count). The van der Waals surface area contributed by atoms with Gasteiger partial charge in [-0.1, -0.05) is 0 Å². The molecular formula is C14H18N2O3S. The highest BCUT2D eigenvalue weighted by Crippen LogP contribution is 2.33. The average Bonchev–Trinajstić information content (AvgIpc) is 3.12. The second-order valence-corrected chi connectivity index (χ2v) is 7.81. The zero-order valence-electron chi connectivity index (χ0n) is 11.2. The van der Waals surface area contributed by atoms with Crippen LogP contribution in [0.25, 0.3) is 0 Å². The highest BCUT2D eigenvalue weighted by molar-refractivity contribution is 7.89. The summed E-state index contributed by atoms with van der Waals surface area (Å²) in [6, 6.07) is 5.24. The van der Waals surface area contributed by atoms with Crippen molar-refractivity contribution in [3.63, 3.8) is 0 Å². The van der Waals surface area contributed by atoms with E-state index < -0.39 is 10.0 Å². The third kappa shape index (κ3) is 1.86.